The van der Waals surface area contributed by atoms with Gasteiger partial charge in [0, 0.05) is 18.9 Å². The van der Waals surface area contributed by atoms with E-state index in [1.165, 1.54) is 4.90 Å². The van der Waals surface area contributed by atoms with Crippen molar-refractivity contribution in [2.24, 2.45) is 11.7 Å². The van der Waals surface area contributed by atoms with Crippen LogP contribution in [0.25, 0.3) is 0 Å². The molecule has 0 aromatic rings. The van der Waals surface area contributed by atoms with Crippen LogP contribution >= 0.6 is 0 Å². The molecule has 1 aliphatic carbocycles. The molecule has 0 aromatic carbocycles. The van der Waals surface area contributed by atoms with Gasteiger partial charge in [-0.2, -0.15) is 0 Å². The molecule has 3 rings (SSSR count). The zero-order valence-electron chi connectivity index (χ0n) is 15.9. The fourth-order valence-corrected chi connectivity index (χ4v) is 4.62. The van der Waals surface area contributed by atoms with Gasteiger partial charge in [-0.25, -0.2) is 0 Å². The van der Waals surface area contributed by atoms with Gasteiger partial charge < -0.3 is 20.6 Å². The molecule has 27 heavy (non-hydrogen) atoms. The van der Waals surface area contributed by atoms with Gasteiger partial charge in [0.1, 0.15) is 11.6 Å². The Morgan fingerprint density at radius 2 is 1.89 bits per heavy atom. The van der Waals surface area contributed by atoms with E-state index in [0.29, 0.717) is 32.2 Å². The Morgan fingerprint density at radius 1 is 1.22 bits per heavy atom. The highest BCUT2D eigenvalue weighted by Crippen LogP contribution is 2.36. The Balaban J connectivity index is 1.66. The van der Waals surface area contributed by atoms with Gasteiger partial charge in [0.15, 0.2) is 5.78 Å². The van der Waals surface area contributed by atoms with Gasteiger partial charge in [0.2, 0.25) is 11.8 Å². The summed E-state index contributed by atoms with van der Waals surface area (Å²) in [6, 6.07) is -0.981. The van der Waals surface area contributed by atoms with Crippen LogP contribution in [-0.2, 0) is 19.2 Å². The lowest BCUT2D eigenvalue weighted by Gasteiger charge is -2.36. The molecule has 3 fully saturated rings. The zero-order chi connectivity index (χ0) is 19.8. The Bertz CT molecular complexity index is 643. The van der Waals surface area contributed by atoms with E-state index in [2.05, 4.69) is 0 Å². The second kappa shape index (κ2) is 7.58. The topological polar surface area (TPSA) is 121 Å². The van der Waals surface area contributed by atoms with Crippen molar-refractivity contribution in [3.63, 3.8) is 0 Å². The fourth-order valence-electron chi connectivity index (χ4n) is 4.62. The Labute approximate surface area is 159 Å². The van der Waals surface area contributed by atoms with Crippen LogP contribution in [0.3, 0.4) is 0 Å². The Morgan fingerprint density at radius 3 is 2.52 bits per heavy atom. The average Bonchev–Trinajstić information content (AvgIpc) is 3.21. The van der Waals surface area contributed by atoms with Crippen molar-refractivity contribution >= 4 is 23.5 Å². The highest BCUT2D eigenvalue weighted by Gasteiger charge is 2.54. The summed E-state index contributed by atoms with van der Waals surface area (Å²) in [6.45, 7) is 2.04. The maximum absolute atomic E-state index is 12.9. The predicted molar refractivity (Wildman–Crippen MR) is 96.3 cm³/mol. The van der Waals surface area contributed by atoms with Crippen molar-refractivity contribution in [1.82, 2.24) is 9.80 Å². The minimum atomic E-state index is -1.37. The monoisotopic (exact) mass is 379 g/mol. The van der Waals surface area contributed by atoms with Gasteiger partial charge in [-0.15, -0.1) is 0 Å². The first-order chi connectivity index (χ1) is 12.7. The van der Waals surface area contributed by atoms with E-state index in [1.807, 2.05) is 0 Å². The normalized spacial score (nSPS) is 28.1. The number of nitrogens with zero attached hydrogens (tertiary/aromatic N) is 2. The first kappa shape index (κ1) is 19.8. The summed E-state index contributed by atoms with van der Waals surface area (Å²) >= 11 is 0. The average molecular weight is 379 g/mol. The van der Waals surface area contributed by atoms with Crippen molar-refractivity contribution in [2.45, 2.75) is 76.0 Å². The number of primary amides is 1. The molecule has 0 bridgehead atoms. The smallest absolute Gasteiger partial charge is 0.255 e. The van der Waals surface area contributed by atoms with Gasteiger partial charge in [-0.1, -0.05) is 26.2 Å². The van der Waals surface area contributed by atoms with Crippen LogP contribution in [0.1, 0.15) is 58.3 Å². The summed E-state index contributed by atoms with van der Waals surface area (Å²) in [4.78, 5) is 52.3. The molecule has 2 aliphatic heterocycles. The van der Waals surface area contributed by atoms with Gasteiger partial charge in [-0.05, 0) is 25.7 Å². The van der Waals surface area contributed by atoms with E-state index >= 15 is 0 Å². The SMILES string of the molecule is CC(CCC(=O)N1CCC2C1C(=O)CN2C(=O)C1(O)CCCCC1)C(N)=O. The maximum atomic E-state index is 12.9. The van der Waals surface area contributed by atoms with Crippen LogP contribution in [0.15, 0.2) is 0 Å². The predicted octanol–water partition coefficient (Wildman–Crippen LogP) is -0.0360. The van der Waals surface area contributed by atoms with Crippen molar-refractivity contribution in [1.29, 1.82) is 0 Å². The number of amides is 3. The molecule has 3 atom stereocenters. The molecule has 3 N–H and O–H groups in total. The van der Waals surface area contributed by atoms with E-state index in [-0.39, 0.29) is 36.6 Å². The quantitative estimate of drug-likeness (QED) is 0.694. The summed E-state index contributed by atoms with van der Waals surface area (Å²) < 4.78 is 0. The number of aliphatic hydroxyl groups is 1. The van der Waals surface area contributed by atoms with Crippen LogP contribution in [0.4, 0.5) is 0 Å². The minimum absolute atomic E-state index is 0.0437. The largest absolute Gasteiger partial charge is 0.380 e. The van der Waals surface area contributed by atoms with Gasteiger partial charge in [0.05, 0.1) is 12.6 Å². The molecule has 0 spiro atoms. The van der Waals surface area contributed by atoms with E-state index in [4.69, 9.17) is 5.73 Å². The summed E-state index contributed by atoms with van der Waals surface area (Å²) in [5, 5.41) is 10.8. The van der Waals surface area contributed by atoms with Crippen LogP contribution in [-0.4, -0.2) is 69.2 Å². The number of carbonyl (C=O) groups is 4. The fraction of sp³-hybridized carbons (Fsp3) is 0.789. The number of ketones is 1. The summed E-state index contributed by atoms with van der Waals surface area (Å²) in [6.07, 6.45) is 4.52. The number of nitrogens with two attached hydrogens (primary N) is 1. The molecule has 3 amide bonds. The van der Waals surface area contributed by atoms with Crippen molar-refractivity contribution in [3.05, 3.63) is 0 Å². The third-order valence-corrected chi connectivity index (χ3v) is 6.36. The van der Waals surface area contributed by atoms with Crippen LogP contribution in [0.2, 0.25) is 0 Å². The third kappa shape index (κ3) is 3.72. The number of likely N-dealkylation sites (tertiary alicyclic amines) is 2. The standard InChI is InChI=1S/C19H29N3O5/c1-12(17(20)25)5-6-15(24)21-10-7-13-16(21)14(23)11-22(13)18(26)19(27)8-3-2-4-9-19/h12-13,16,27H,2-11H2,1H3,(H2,20,25). The number of rotatable bonds is 5. The highest BCUT2D eigenvalue weighted by molar-refractivity contribution is 5.99. The zero-order valence-corrected chi connectivity index (χ0v) is 15.9. The van der Waals surface area contributed by atoms with Crippen LogP contribution < -0.4 is 5.73 Å². The molecule has 8 heteroatoms. The molecular formula is C19H29N3O5. The number of Topliss-reactive ketones (excluding diaryl/α,β-unsaturated/α-hetero) is 1. The van der Waals surface area contributed by atoms with Crippen molar-refractivity contribution in [3.8, 4) is 0 Å². The molecule has 0 aromatic heterocycles. The molecule has 2 saturated heterocycles. The summed E-state index contributed by atoms with van der Waals surface area (Å²) in [7, 11) is 0. The van der Waals surface area contributed by atoms with E-state index in [9.17, 15) is 24.3 Å². The highest BCUT2D eigenvalue weighted by atomic mass is 16.3. The lowest BCUT2D eigenvalue weighted by molar-refractivity contribution is -0.156. The lowest BCUT2D eigenvalue weighted by atomic mass is 9.83. The van der Waals surface area contributed by atoms with Crippen LogP contribution in [0, 0.1) is 5.92 Å². The molecule has 0 radical (unpaired) electrons. The molecular weight excluding hydrogens is 350 g/mol. The minimum Gasteiger partial charge on any atom is -0.380 e. The summed E-state index contributed by atoms with van der Waals surface area (Å²) in [5.41, 5.74) is 3.86. The number of hydrogen-bond donors (Lipinski definition) is 2. The van der Waals surface area contributed by atoms with Gasteiger partial charge in [0.25, 0.3) is 5.91 Å². The van der Waals surface area contributed by atoms with Crippen LogP contribution in [0.5, 0.6) is 0 Å². The molecule has 1 saturated carbocycles. The molecule has 3 aliphatic rings. The third-order valence-electron chi connectivity index (χ3n) is 6.36. The maximum Gasteiger partial charge on any atom is 0.255 e. The number of hydrogen-bond acceptors (Lipinski definition) is 5. The second-order valence-corrected chi connectivity index (χ2v) is 8.22. The second-order valence-electron chi connectivity index (χ2n) is 8.22. The van der Waals surface area contributed by atoms with E-state index in [0.717, 1.165) is 19.3 Å². The molecule has 3 unspecified atom stereocenters. The Kier molecular flexibility index (Phi) is 5.55. The first-order valence-electron chi connectivity index (χ1n) is 9.89. The van der Waals surface area contributed by atoms with E-state index < -0.39 is 23.5 Å². The first-order valence-corrected chi connectivity index (χ1v) is 9.89. The van der Waals surface area contributed by atoms with Gasteiger partial charge in [-0.3, -0.25) is 19.2 Å². The lowest BCUT2D eigenvalue weighted by Crippen LogP contribution is -2.52. The van der Waals surface area contributed by atoms with Crippen molar-refractivity contribution in [2.75, 3.05) is 13.1 Å². The van der Waals surface area contributed by atoms with Gasteiger partial charge >= 0.3 is 0 Å². The number of fused-ring (bicyclic) bond motifs is 1. The summed E-state index contributed by atoms with van der Waals surface area (Å²) in [5.74, 6) is -1.54. The number of carbonyl (C=O) groups excluding carboxylic acids is 4. The molecule has 8 nitrogen and oxygen atoms in total. The van der Waals surface area contributed by atoms with Crippen molar-refractivity contribution < 1.29 is 24.3 Å². The molecule has 150 valence electrons. The Hall–Kier alpha value is -1.96. The molecule has 2 heterocycles. The van der Waals surface area contributed by atoms with E-state index in [1.54, 1.807) is 11.8 Å².